The Balaban J connectivity index is 3.02. The summed E-state index contributed by atoms with van der Waals surface area (Å²) in [7, 11) is 0. The van der Waals surface area contributed by atoms with Gasteiger partial charge in [-0.2, -0.15) is 5.26 Å². The summed E-state index contributed by atoms with van der Waals surface area (Å²) in [6.45, 7) is 0. The molecule has 5 heteroatoms. The van der Waals surface area contributed by atoms with E-state index < -0.39 is 6.03 Å². The zero-order valence-electron chi connectivity index (χ0n) is 3.43. The van der Waals surface area contributed by atoms with Crippen LogP contribution in [-0.2, 0) is 0 Å². The number of rotatable bonds is 1. The zero-order chi connectivity index (χ0) is 5.70. The highest BCUT2D eigenvalue weighted by Crippen LogP contribution is 1.42. The number of hydrogen-bond donors (Lipinski definition) is 3. The van der Waals surface area contributed by atoms with Crippen molar-refractivity contribution in [3.05, 3.63) is 0 Å². The zero-order valence-corrected chi connectivity index (χ0v) is 3.43. The van der Waals surface area contributed by atoms with Gasteiger partial charge in [-0.3, -0.25) is 0 Å². The third-order valence-electron chi connectivity index (χ3n) is 0.242. The number of nitriles is 1. The van der Waals surface area contributed by atoms with Crippen molar-refractivity contribution in [1.29, 1.82) is 5.26 Å². The van der Waals surface area contributed by atoms with E-state index in [1.54, 1.807) is 0 Å². The molecule has 0 saturated carbocycles. The van der Waals surface area contributed by atoms with Gasteiger partial charge in [0.2, 0.25) is 0 Å². The molecule has 7 heavy (non-hydrogen) atoms. The molecule has 0 aromatic rings. The summed E-state index contributed by atoms with van der Waals surface area (Å²) in [5, 5.41) is 7.68. The van der Waals surface area contributed by atoms with Crippen molar-refractivity contribution in [2.24, 2.45) is 5.73 Å². The van der Waals surface area contributed by atoms with E-state index in [0.29, 0.717) is 0 Å². The minimum absolute atomic E-state index is 0.776. The van der Waals surface area contributed by atoms with Gasteiger partial charge in [0.25, 0.3) is 0 Å². The maximum absolute atomic E-state index is 9.66. The number of nitrogens with one attached hydrogen (secondary N) is 2. The van der Waals surface area contributed by atoms with Crippen LogP contribution < -0.4 is 16.6 Å². The van der Waals surface area contributed by atoms with Gasteiger partial charge in [0.1, 0.15) is 0 Å². The molecule has 5 nitrogen and oxygen atoms in total. The molecule has 0 aliphatic rings. The second-order valence-corrected chi connectivity index (χ2v) is 0.726. The Morgan fingerprint density at radius 3 is 2.57 bits per heavy atom. The van der Waals surface area contributed by atoms with Gasteiger partial charge in [0.05, 0.1) is 0 Å². The van der Waals surface area contributed by atoms with Crippen molar-refractivity contribution in [1.82, 2.24) is 10.9 Å². The molecule has 0 aliphatic carbocycles. The normalized spacial score (nSPS) is 6.14. The van der Waals surface area contributed by atoms with Crippen LogP contribution in [-0.4, -0.2) is 6.03 Å². The standard InChI is InChI=1S/C2H4N4O/c3-1-5-6-2(4)7/h5H,(H3,4,6,7). The Hall–Kier alpha value is -1.44. The topological polar surface area (TPSA) is 90.9 Å². The molecule has 0 radical (unpaired) electrons. The van der Waals surface area contributed by atoms with E-state index in [-0.39, 0.29) is 0 Å². The Kier molecular flexibility index (Phi) is 2.21. The highest BCUT2D eigenvalue weighted by molar-refractivity contribution is 5.71. The number of hydrogen-bond acceptors (Lipinski definition) is 3. The number of primary amides is 1. The molecule has 4 N–H and O–H groups in total. The molecule has 0 bridgehead atoms. The van der Waals surface area contributed by atoms with Crippen LogP contribution >= 0.6 is 0 Å². The Labute approximate surface area is 40.1 Å². The van der Waals surface area contributed by atoms with E-state index in [0.717, 1.165) is 0 Å². The molecule has 0 unspecified atom stereocenters. The number of nitrogens with two attached hydrogens (primary N) is 1. The van der Waals surface area contributed by atoms with E-state index in [2.05, 4.69) is 5.73 Å². The molecule has 0 aromatic carbocycles. The first-order valence-corrected chi connectivity index (χ1v) is 1.47. The summed E-state index contributed by atoms with van der Waals surface area (Å²) < 4.78 is 0. The molecule has 0 aliphatic heterocycles. The van der Waals surface area contributed by atoms with Gasteiger partial charge in [-0.1, -0.05) is 0 Å². The minimum Gasteiger partial charge on any atom is -0.350 e. The second-order valence-electron chi connectivity index (χ2n) is 0.726. The van der Waals surface area contributed by atoms with Crippen LogP contribution in [0.1, 0.15) is 0 Å². The Bertz CT molecular complexity index is 103. The smallest absolute Gasteiger partial charge is 0.331 e. The fourth-order valence-corrected chi connectivity index (χ4v) is 0.0896. The van der Waals surface area contributed by atoms with Gasteiger partial charge >= 0.3 is 6.03 Å². The molecule has 0 saturated heterocycles. The lowest BCUT2D eigenvalue weighted by Crippen LogP contribution is -2.37. The lowest BCUT2D eigenvalue weighted by Gasteiger charge is -1.90. The van der Waals surface area contributed by atoms with Gasteiger partial charge < -0.3 is 5.73 Å². The first-order valence-electron chi connectivity index (χ1n) is 1.47. The van der Waals surface area contributed by atoms with Crippen molar-refractivity contribution < 1.29 is 4.79 Å². The quantitative estimate of drug-likeness (QED) is 0.216. The molecular formula is C2H4N4O. The number of urea groups is 1. The third-order valence-corrected chi connectivity index (χ3v) is 0.242. The van der Waals surface area contributed by atoms with Gasteiger partial charge in [-0.25, -0.2) is 15.6 Å². The molecular weight excluding hydrogens is 96.0 g/mol. The maximum atomic E-state index is 9.66. The van der Waals surface area contributed by atoms with Gasteiger partial charge in [-0.15, -0.1) is 0 Å². The van der Waals surface area contributed by atoms with Crippen LogP contribution in [0.5, 0.6) is 0 Å². The highest BCUT2D eigenvalue weighted by Gasteiger charge is 1.81. The number of carbonyl (C=O) groups excluding carboxylic acids is 1. The summed E-state index contributed by atoms with van der Waals surface area (Å²) in [6.07, 6.45) is 1.44. The number of hydrazine groups is 1. The van der Waals surface area contributed by atoms with Gasteiger partial charge in [0.15, 0.2) is 6.19 Å². The van der Waals surface area contributed by atoms with Crippen LogP contribution in [0.15, 0.2) is 0 Å². The Morgan fingerprint density at radius 1 is 1.86 bits per heavy atom. The SMILES string of the molecule is N#CNNC(N)=O. The van der Waals surface area contributed by atoms with Crippen molar-refractivity contribution >= 4 is 6.03 Å². The fourth-order valence-electron chi connectivity index (χ4n) is 0.0896. The monoisotopic (exact) mass is 100 g/mol. The van der Waals surface area contributed by atoms with E-state index >= 15 is 0 Å². The van der Waals surface area contributed by atoms with Crippen LogP contribution in [0, 0.1) is 11.5 Å². The summed E-state index contributed by atoms with van der Waals surface area (Å²) in [6, 6.07) is -0.776. The largest absolute Gasteiger partial charge is 0.350 e. The molecule has 0 spiro atoms. The fraction of sp³-hybridized carbons (Fsp3) is 0. The first kappa shape index (κ1) is 5.56. The lowest BCUT2D eigenvalue weighted by atomic mass is 11.1. The summed E-state index contributed by atoms with van der Waals surface area (Å²) in [4.78, 5) is 9.66. The molecule has 0 fully saturated rings. The molecule has 0 atom stereocenters. The predicted octanol–water partition coefficient (Wildman–Crippen LogP) is -1.36. The predicted molar refractivity (Wildman–Crippen MR) is 21.5 cm³/mol. The summed E-state index contributed by atoms with van der Waals surface area (Å²) >= 11 is 0. The number of amides is 2. The van der Waals surface area contributed by atoms with E-state index in [9.17, 15) is 4.79 Å². The molecule has 0 heterocycles. The van der Waals surface area contributed by atoms with Crippen LogP contribution in [0.4, 0.5) is 4.79 Å². The van der Waals surface area contributed by atoms with Crippen LogP contribution in [0.2, 0.25) is 0 Å². The van der Waals surface area contributed by atoms with Gasteiger partial charge in [-0.05, 0) is 0 Å². The number of nitrogens with zero attached hydrogens (tertiary/aromatic N) is 1. The average molecular weight is 100 g/mol. The summed E-state index contributed by atoms with van der Waals surface area (Å²) in [5.74, 6) is 0. The van der Waals surface area contributed by atoms with Crippen molar-refractivity contribution in [2.75, 3.05) is 0 Å². The summed E-state index contributed by atoms with van der Waals surface area (Å²) in [5.41, 5.74) is 8.17. The van der Waals surface area contributed by atoms with Crippen LogP contribution in [0.25, 0.3) is 0 Å². The average Bonchev–Trinajstić information content (AvgIpc) is 1.61. The van der Waals surface area contributed by atoms with Gasteiger partial charge in [0, 0.05) is 0 Å². The van der Waals surface area contributed by atoms with Crippen molar-refractivity contribution in [3.63, 3.8) is 0 Å². The maximum Gasteiger partial charge on any atom is 0.331 e. The van der Waals surface area contributed by atoms with E-state index in [1.807, 2.05) is 10.9 Å². The highest BCUT2D eigenvalue weighted by atomic mass is 16.2. The number of carbonyl (C=O) groups is 1. The van der Waals surface area contributed by atoms with Crippen molar-refractivity contribution in [3.8, 4) is 6.19 Å². The van der Waals surface area contributed by atoms with Crippen molar-refractivity contribution in [2.45, 2.75) is 0 Å². The van der Waals surface area contributed by atoms with E-state index in [1.165, 1.54) is 6.19 Å². The molecule has 38 valence electrons. The second kappa shape index (κ2) is 2.78. The van der Waals surface area contributed by atoms with Crippen LogP contribution in [0.3, 0.4) is 0 Å². The lowest BCUT2D eigenvalue weighted by molar-refractivity contribution is 0.247. The molecule has 0 rings (SSSR count). The molecule has 2 amide bonds. The Morgan fingerprint density at radius 2 is 2.43 bits per heavy atom. The van der Waals surface area contributed by atoms with E-state index in [4.69, 9.17) is 5.26 Å². The minimum atomic E-state index is -0.776. The first-order chi connectivity index (χ1) is 3.27. The molecule has 0 aromatic heterocycles. The third kappa shape index (κ3) is 4.56.